The SMILES string of the molecule is CC(C)c1cc(Cn2cc(CC(=O)OCc3ccccc3)c3ccccc32)ccc1O[Si](C)(C)C(C)(C)C. The molecule has 0 saturated heterocycles. The zero-order chi connectivity index (χ0) is 27.5. The molecule has 1 heterocycles. The lowest BCUT2D eigenvalue weighted by atomic mass is 9.99. The quantitative estimate of drug-likeness (QED) is 0.162. The van der Waals surface area contributed by atoms with Crippen molar-refractivity contribution in [2.24, 2.45) is 0 Å². The van der Waals surface area contributed by atoms with Gasteiger partial charge in [0.2, 0.25) is 8.32 Å². The number of benzene rings is 3. The van der Waals surface area contributed by atoms with Gasteiger partial charge in [-0.3, -0.25) is 4.79 Å². The monoisotopic (exact) mass is 527 g/mol. The minimum Gasteiger partial charge on any atom is -0.543 e. The first-order valence-electron chi connectivity index (χ1n) is 13.5. The molecule has 0 atom stereocenters. The number of ether oxygens (including phenoxy) is 1. The van der Waals surface area contributed by atoms with Gasteiger partial charge >= 0.3 is 5.97 Å². The number of hydrogen-bond donors (Lipinski definition) is 0. The van der Waals surface area contributed by atoms with Crippen LogP contribution >= 0.6 is 0 Å². The van der Waals surface area contributed by atoms with Gasteiger partial charge in [-0.05, 0) is 58.4 Å². The van der Waals surface area contributed by atoms with Gasteiger partial charge in [0.1, 0.15) is 12.4 Å². The largest absolute Gasteiger partial charge is 0.543 e. The summed E-state index contributed by atoms with van der Waals surface area (Å²) in [4.78, 5) is 12.7. The van der Waals surface area contributed by atoms with E-state index in [1.54, 1.807) is 0 Å². The molecule has 0 radical (unpaired) electrons. The molecule has 0 fully saturated rings. The molecule has 4 nitrogen and oxygen atoms in total. The summed E-state index contributed by atoms with van der Waals surface area (Å²) in [5.74, 6) is 1.15. The van der Waals surface area contributed by atoms with E-state index in [1.165, 1.54) is 11.1 Å². The number of nitrogens with zero attached hydrogens (tertiary/aromatic N) is 1. The maximum absolute atomic E-state index is 12.7. The van der Waals surface area contributed by atoms with Crippen LogP contribution in [0.4, 0.5) is 0 Å². The van der Waals surface area contributed by atoms with Crippen LogP contribution in [0.3, 0.4) is 0 Å². The molecular weight excluding hydrogens is 486 g/mol. The van der Waals surface area contributed by atoms with Crippen molar-refractivity contribution in [3.8, 4) is 5.75 Å². The first-order chi connectivity index (χ1) is 17.9. The van der Waals surface area contributed by atoms with Crippen molar-refractivity contribution in [2.75, 3.05) is 0 Å². The third kappa shape index (κ3) is 6.39. The van der Waals surface area contributed by atoms with E-state index in [4.69, 9.17) is 9.16 Å². The van der Waals surface area contributed by atoms with Crippen molar-refractivity contribution in [1.29, 1.82) is 0 Å². The highest BCUT2D eigenvalue weighted by molar-refractivity contribution is 6.74. The van der Waals surface area contributed by atoms with E-state index in [0.717, 1.165) is 34.3 Å². The first-order valence-corrected chi connectivity index (χ1v) is 16.4. The Bertz CT molecular complexity index is 1400. The van der Waals surface area contributed by atoms with Crippen molar-refractivity contribution in [1.82, 2.24) is 4.57 Å². The normalized spacial score (nSPS) is 12.2. The molecule has 0 aliphatic heterocycles. The van der Waals surface area contributed by atoms with E-state index in [-0.39, 0.29) is 17.4 Å². The van der Waals surface area contributed by atoms with Crippen LogP contribution in [0.15, 0.2) is 79.0 Å². The standard InChI is InChI=1S/C33H41NO3Si/c1-24(2)29-19-26(17-18-31(29)37-38(6,7)33(3,4)5)21-34-22-27(28-15-11-12-16-30(28)34)20-32(35)36-23-25-13-9-8-10-14-25/h8-19,22,24H,20-21,23H2,1-7H3. The average Bonchev–Trinajstić information content (AvgIpc) is 3.20. The van der Waals surface area contributed by atoms with Crippen molar-refractivity contribution in [2.45, 2.75) is 78.2 Å². The van der Waals surface area contributed by atoms with Crippen LogP contribution in [-0.4, -0.2) is 18.9 Å². The van der Waals surface area contributed by atoms with Crippen molar-refractivity contribution < 1.29 is 14.0 Å². The van der Waals surface area contributed by atoms with Crippen LogP contribution in [0.2, 0.25) is 18.1 Å². The predicted molar refractivity (Wildman–Crippen MR) is 159 cm³/mol. The van der Waals surface area contributed by atoms with Gasteiger partial charge < -0.3 is 13.7 Å². The van der Waals surface area contributed by atoms with Crippen LogP contribution in [0.1, 0.15) is 62.8 Å². The second kappa shape index (κ2) is 11.2. The zero-order valence-electron chi connectivity index (χ0n) is 23.9. The Balaban J connectivity index is 1.56. The molecule has 38 heavy (non-hydrogen) atoms. The Morgan fingerprint density at radius 2 is 1.61 bits per heavy atom. The second-order valence-corrected chi connectivity index (χ2v) is 16.7. The summed E-state index contributed by atoms with van der Waals surface area (Å²) in [6.07, 6.45) is 2.35. The molecule has 0 spiro atoms. The molecular formula is C33H41NO3Si. The molecule has 0 N–H and O–H groups in total. The van der Waals surface area contributed by atoms with E-state index < -0.39 is 8.32 Å². The Labute approximate surface area is 228 Å². The van der Waals surface area contributed by atoms with Gasteiger partial charge in [0.05, 0.1) is 6.42 Å². The number of esters is 1. The van der Waals surface area contributed by atoms with Crippen LogP contribution < -0.4 is 4.43 Å². The maximum Gasteiger partial charge on any atom is 0.310 e. The number of carbonyl (C=O) groups excluding carboxylic acids is 1. The molecule has 0 bridgehead atoms. The maximum atomic E-state index is 12.7. The van der Waals surface area contributed by atoms with E-state index in [2.05, 4.69) is 88.8 Å². The van der Waals surface area contributed by atoms with Gasteiger partial charge in [0.15, 0.2) is 0 Å². The number of para-hydroxylation sites is 1. The molecule has 3 aromatic carbocycles. The summed E-state index contributed by atoms with van der Waals surface area (Å²) >= 11 is 0. The molecule has 4 rings (SSSR count). The Morgan fingerprint density at radius 3 is 2.29 bits per heavy atom. The van der Waals surface area contributed by atoms with Crippen LogP contribution in [0.25, 0.3) is 10.9 Å². The summed E-state index contributed by atoms with van der Waals surface area (Å²) in [5.41, 5.74) is 5.56. The topological polar surface area (TPSA) is 40.5 Å². The Morgan fingerprint density at radius 1 is 0.921 bits per heavy atom. The van der Waals surface area contributed by atoms with E-state index >= 15 is 0 Å². The van der Waals surface area contributed by atoms with E-state index in [0.29, 0.717) is 12.5 Å². The summed E-state index contributed by atoms with van der Waals surface area (Å²) in [5, 5.41) is 1.23. The number of rotatable bonds is 9. The fraction of sp³-hybridized carbons (Fsp3) is 0.364. The van der Waals surface area contributed by atoms with Crippen molar-refractivity contribution in [3.63, 3.8) is 0 Å². The van der Waals surface area contributed by atoms with Gasteiger partial charge in [0, 0.05) is 23.6 Å². The predicted octanol–water partition coefficient (Wildman–Crippen LogP) is 8.48. The number of hydrogen-bond acceptors (Lipinski definition) is 3. The molecule has 0 aliphatic rings. The Hall–Kier alpha value is -3.31. The molecule has 0 unspecified atom stereocenters. The van der Waals surface area contributed by atoms with Gasteiger partial charge in [-0.2, -0.15) is 0 Å². The van der Waals surface area contributed by atoms with Crippen molar-refractivity contribution in [3.05, 3.63) is 101 Å². The van der Waals surface area contributed by atoms with Gasteiger partial charge in [-0.15, -0.1) is 0 Å². The minimum absolute atomic E-state index is 0.141. The highest BCUT2D eigenvalue weighted by atomic mass is 28.4. The lowest BCUT2D eigenvalue weighted by Gasteiger charge is -2.37. The van der Waals surface area contributed by atoms with Crippen LogP contribution in [0, 0.1) is 0 Å². The number of aromatic nitrogens is 1. The van der Waals surface area contributed by atoms with Gasteiger partial charge in [-0.1, -0.05) is 95.3 Å². The average molecular weight is 528 g/mol. The third-order valence-electron chi connectivity index (χ3n) is 7.67. The summed E-state index contributed by atoms with van der Waals surface area (Å²) in [6.45, 7) is 16.9. The van der Waals surface area contributed by atoms with Gasteiger partial charge in [-0.25, -0.2) is 0 Å². The fourth-order valence-corrected chi connectivity index (χ4v) is 5.45. The highest BCUT2D eigenvalue weighted by Crippen LogP contribution is 2.39. The summed E-state index contributed by atoms with van der Waals surface area (Å²) in [6, 6.07) is 24.7. The molecule has 0 saturated carbocycles. The minimum atomic E-state index is -1.94. The molecule has 5 heteroatoms. The lowest BCUT2D eigenvalue weighted by molar-refractivity contribution is -0.144. The van der Waals surface area contributed by atoms with Crippen molar-refractivity contribution >= 4 is 25.2 Å². The van der Waals surface area contributed by atoms with Crippen LogP contribution in [0.5, 0.6) is 5.75 Å². The first kappa shape index (κ1) is 27.7. The van der Waals surface area contributed by atoms with E-state index in [9.17, 15) is 4.79 Å². The van der Waals surface area contributed by atoms with E-state index in [1.807, 2.05) is 42.5 Å². The second-order valence-electron chi connectivity index (χ2n) is 12.0. The Kier molecular flexibility index (Phi) is 8.17. The number of carbonyl (C=O) groups is 1. The lowest BCUT2D eigenvalue weighted by Crippen LogP contribution is -2.44. The zero-order valence-corrected chi connectivity index (χ0v) is 24.9. The molecule has 0 amide bonds. The van der Waals surface area contributed by atoms with Crippen LogP contribution in [-0.2, 0) is 29.1 Å². The fourth-order valence-electron chi connectivity index (χ4n) is 4.40. The van der Waals surface area contributed by atoms with Gasteiger partial charge in [0.25, 0.3) is 0 Å². The third-order valence-corrected chi connectivity index (χ3v) is 12.0. The highest BCUT2D eigenvalue weighted by Gasteiger charge is 2.39. The smallest absolute Gasteiger partial charge is 0.310 e. The summed E-state index contributed by atoms with van der Waals surface area (Å²) in [7, 11) is -1.94. The molecule has 1 aromatic heterocycles. The molecule has 4 aromatic rings. The summed E-state index contributed by atoms with van der Waals surface area (Å²) < 4.78 is 14.5. The molecule has 200 valence electrons. The molecule has 0 aliphatic carbocycles. The number of fused-ring (bicyclic) bond motifs is 1.